The summed E-state index contributed by atoms with van der Waals surface area (Å²) in [5, 5.41) is 10.9. The molecule has 7 heteroatoms. The van der Waals surface area contributed by atoms with Gasteiger partial charge in [0.2, 0.25) is 0 Å². The molecule has 1 heterocycles. The van der Waals surface area contributed by atoms with Gasteiger partial charge in [0.25, 0.3) is 10.0 Å². The van der Waals surface area contributed by atoms with Crippen molar-refractivity contribution in [1.82, 2.24) is 0 Å². The minimum absolute atomic E-state index is 0.0531. The quantitative estimate of drug-likeness (QED) is 0.909. The fourth-order valence-electron chi connectivity index (χ4n) is 1.87. The summed E-state index contributed by atoms with van der Waals surface area (Å²) in [7, 11) is -3.76. The Bertz CT molecular complexity index is 749. The predicted octanol–water partition coefficient (Wildman–Crippen LogP) is 2.86. The Balaban J connectivity index is 2.52. The highest BCUT2D eigenvalue weighted by atomic mass is 32.2. The first-order valence-electron chi connectivity index (χ1n) is 5.72. The molecule has 5 nitrogen and oxygen atoms in total. The van der Waals surface area contributed by atoms with Crippen LogP contribution in [0.25, 0.3) is 0 Å². The van der Waals surface area contributed by atoms with Crippen molar-refractivity contribution in [2.24, 2.45) is 0 Å². The lowest BCUT2D eigenvalue weighted by Crippen LogP contribution is -2.16. The van der Waals surface area contributed by atoms with Gasteiger partial charge in [-0.1, -0.05) is 12.1 Å². The highest BCUT2D eigenvalue weighted by molar-refractivity contribution is 7.94. The number of sulfonamides is 1. The van der Waals surface area contributed by atoms with Crippen molar-refractivity contribution in [1.29, 1.82) is 0 Å². The van der Waals surface area contributed by atoms with Crippen LogP contribution in [0, 0.1) is 13.8 Å². The first-order valence-corrected chi connectivity index (χ1v) is 8.08. The van der Waals surface area contributed by atoms with Gasteiger partial charge in [-0.05, 0) is 42.5 Å². The zero-order chi connectivity index (χ0) is 14.9. The van der Waals surface area contributed by atoms with E-state index in [1.807, 2.05) is 0 Å². The molecule has 1 aromatic carbocycles. The second-order valence-corrected chi connectivity index (χ2v) is 7.20. The minimum Gasteiger partial charge on any atom is -0.478 e. The fraction of sp³-hybridized carbons (Fsp3) is 0.154. The molecule has 0 atom stereocenters. The third kappa shape index (κ3) is 2.83. The fourth-order valence-corrected chi connectivity index (χ4v) is 4.02. The van der Waals surface area contributed by atoms with Gasteiger partial charge in [-0.3, -0.25) is 4.72 Å². The Morgan fingerprint density at radius 2 is 2.00 bits per heavy atom. The average Bonchev–Trinajstić information content (AvgIpc) is 2.86. The summed E-state index contributed by atoms with van der Waals surface area (Å²) in [5.74, 6) is -1.17. The predicted molar refractivity (Wildman–Crippen MR) is 78.0 cm³/mol. The Labute approximate surface area is 120 Å². The van der Waals surface area contributed by atoms with Gasteiger partial charge in [0.05, 0.1) is 11.3 Å². The standard InChI is InChI=1S/C13H13NO4S2/c1-8-6-9(2)12(10(7-8)13(15)16)14-20(17,18)11-4-3-5-19-11/h3-7,14H,1-2H3,(H,15,16). The van der Waals surface area contributed by atoms with Crippen LogP contribution in [0.2, 0.25) is 0 Å². The Morgan fingerprint density at radius 1 is 1.30 bits per heavy atom. The number of benzene rings is 1. The van der Waals surface area contributed by atoms with E-state index >= 15 is 0 Å². The molecule has 0 aliphatic rings. The minimum atomic E-state index is -3.76. The molecule has 0 fully saturated rings. The van der Waals surface area contributed by atoms with Crippen LogP contribution in [0.3, 0.4) is 0 Å². The first kappa shape index (κ1) is 14.5. The van der Waals surface area contributed by atoms with Crippen LogP contribution in [0.5, 0.6) is 0 Å². The molecule has 0 aliphatic heterocycles. The van der Waals surface area contributed by atoms with Crippen molar-refractivity contribution in [2.45, 2.75) is 18.1 Å². The molecule has 1 aromatic heterocycles. The number of rotatable bonds is 4. The van der Waals surface area contributed by atoms with Crippen LogP contribution in [-0.2, 0) is 10.0 Å². The van der Waals surface area contributed by atoms with Gasteiger partial charge < -0.3 is 5.11 Å². The molecule has 0 radical (unpaired) electrons. The van der Waals surface area contributed by atoms with Crippen LogP contribution < -0.4 is 4.72 Å². The van der Waals surface area contributed by atoms with E-state index in [0.717, 1.165) is 16.9 Å². The molecule has 0 aliphatic carbocycles. The van der Waals surface area contributed by atoms with E-state index in [2.05, 4.69) is 4.72 Å². The molecule has 20 heavy (non-hydrogen) atoms. The van der Waals surface area contributed by atoms with Crippen LogP contribution >= 0.6 is 11.3 Å². The van der Waals surface area contributed by atoms with Crippen LogP contribution in [-0.4, -0.2) is 19.5 Å². The van der Waals surface area contributed by atoms with E-state index in [1.165, 1.54) is 12.1 Å². The third-order valence-electron chi connectivity index (χ3n) is 2.71. The number of hydrogen-bond acceptors (Lipinski definition) is 4. The lowest BCUT2D eigenvalue weighted by Gasteiger charge is -2.13. The van der Waals surface area contributed by atoms with E-state index in [1.54, 1.807) is 31.4 Å². The molecule has 2 rings (SSSR count). The molecule has 106 valence electrons. The maximum Gasteiger partial charge on any atom is 0.337 e. The van der Waals surface area contributed by atoms with Gasteiger partial charge in [0, 0.05) is 0 Å². The van der Waals surface area contributed by atoms with Crippen molar-refractivity contribution >= 4 is 33.0 Å². The average molecular weight is 311 g/mol. The number of carboxylic acid groups (broad SMARTS) is 1. The molecule has 2 aromatic rings. The van der Waals surface area contributed by atoms with Gasteiger partial charge in [-0.15, -0.1) is 11.3 Å². The van der Waals surface area contributed by atoms with Crippen LogP contribution in [0.15, 0.2) is 33.9 Å². The third-order valence-corrected chi connectivity index (χ3v) is 5.45. The monoisotopic (exact) mass is 311 g/mol. The highest BCUT2D eigenvalue weighted by Gasteiger charge is 2.21. The van der Waals surface area contributed by atoms with Gasteiger partial charge in [-0.2, -0.15) is 0 Å². The maximum atomic E-state index is 12.2. The van der Waals surface area contributed by atoms with E-state index in [0.29, 0.717) is 5.56 Å². The van der Waals surface area contributed by atoms with Crippen molar-refractivity contribution < 1.29 is 18.3 Å². The summed E-state index contributed by atoms with van der Waals surface area (Å²) in [4.78, 5) is 11.3. The van der Waals surface area contributed by atoms with E-state index in [4.69, 9.17) is 0 Å². The van der Waals surface area contributed by atoms with E-state index in [-0.39, 0.29) is 15.5 Å². The van der Waals surface area contributed by atoms with Crippen molar-refractivity contribution in [3.05, 3.63) is 46.3 Å². The highest BCUT2D eigenvalue weighted by Crippen LogP contribution is 2.27. The molecule has 0 bridgehead atoms. The summed E-state index contributed by atoms with van der Waals surface area (Å²) in [5.41, 5.74) is 1.39. The van der Waals surface area contributed by atoms with Gasteiger partial charge >= 0.3 is 5.97 Å². The van der Waals surface area contributed by atoms with Gasteiger partial charge in [-0.25, -0.2) is 13.2 Å². The summed E-state index contributed by atoms with van der Waals surface area (Å²) in [6.07, 6.45) is 0. The summed E-state index contributed by atoms with van der Waals surface area (Å²) < 4.78 is 26.9. The summed E-state index contributed by atoms with van der Waals surface area (Å²) in [6, 6.07) is 6.27. The zero-order valence-electron chi connectivity index (χ0n) is 10.9. The number of aromatic carboxylic acids is 1. The molecule has 0 spiro atoms. The number of hydrogen-bond donors (Lipinski definition) is 2. The molecule has 0 unspecified atom stereocenters. The van der Waals surface area contributed by atoms with Crippen LogP contribution in [0.4, 0.5) is 5.69 Å². The van der Waals surface area contributed by atoms with Gasteiger partial charge in [0.15, 0.2) is 0 Å². The van der Waals surface area contributed by atoms with Crippen molar-refractivity contribution in [2.75, 3.05) is 4.72 Å². The topological polar surface area (TPSA) is 83.5 Å². The SMILES string of the molecule is Cc1cc(C)c(NS(=O)(=O)c2cccs2)c(C(=O)O)c1. The maximum absolute atomic E-state index is 12.2. The smallest absolute Gasteiger partial charge is 0.337 e. The number of aryl methyl sites for hydroxylation is 2. The first-order chi connectivity index (χ1) is 9.31. The lowest BCUT2D eigenvalue weighted by molar-refractivity contribution is 0.0698. The molecule has 0 saturated carbocycles. The van der Waals surface area contributed by atoms with E-state index in [9.17, 15) is 18.3 Å². The van der Waals surface area contributed by atoms with Gasteiger partial charge in [0.1, 0.15) is 4.21 Å². The molecule has 0 saturated heterocycles. The molecule has 2 N–H and O–H groups in total. The molecule has 0 amide bonds. The number of anilines is 1. The summed E-state index contributed by atoms with van der Waals surface area (Å²) >= 11 is 1.07. The second-order valence-electron chi connectivity index (χ2n) is 4.35. The Hall–Kier alpha value is -1.86. The molecular weight excluding hydrogens is 298 g/mol. The second kappa shape index (κ2) is 5.26. The largest absolute Gasteiger partial charge is 0.478 e. The van der Waals surface area contributed by atoms with Crippen molar-refractivity contribution in [3.8, 4) is 0 Å². The Kier molecular flexibility index (Phi) is 3.82. The number of carboxylic acids is 1. The number of nitrogens with one attached hydrogen (secondary N) is 1. The normalized spacial score (nSPS) is 11.3. The molecular formula is C13H13NO4S2. The Morgan fingerprint density at radius 3 is 2.55 bits per heavy atom. The van der Waals surface area contributed by atoms with E-state index < -0.39 is 16.0 Å². The lowest BCUT2D eigenvalue weighted by atomic mass is 10.0. The number of carbonyl (C=O) groups is 1. The number of thiophene rings is 1. The summed E-state index contributed by atoms with van der Waals surface area (Å²) in [6.45, 7) is 3.43. The van der Waals surface area contributed by atoms with Crippen molar-refractivity contribution in [3.63, 3.8) is 0 Å². The van der Waals surface area contributed by atoms with Crippen LogP contribution in [0.1, 0.15) is 21.5 Å². The zero-order valence-corrected chi connectivity index (χ0v) is 12.5.